The SMILES string of the molecule is Nc1ccnc2c1ncn2[C@@H]1O[C@H](CNS(=O)(=O)NC2(c3ccccc3)COC2)[C@@H](O)[C@H]1O. The van der Waals surface area contributed by atoms with Crippen LogP contribution in [0.15, 0.2) is 48.9 Å². The van der Waals surface area contributed by atoms with Crippen molar-refractivity contribution in [2.45, 2.75) is 30.1 Å². The minimum absolute atomic E-state index is 0.200. The Balaban J connectivity index is 1.28. The number of nitrogen functional groups attached to an aromatic ring is 1. The van der Waals surface area contributed by atoms with E-state index in [1.165, 1.54) is 17.1 Å². The van der Waals surface area contributed by atoms with Crippen molar-refractivity contribution in [2.75, 3.05) is 25.5 Å². The van der Waals surface area contributed by atoms with Crippen LogP contribution in [0.5, 0.6) is 0 Å². The van der Waals surface area contributed by atoms with Crippen molar-refractivity contribution >= 4 is 27.1 Å². The standard InChI is InChI=1S/C20H24N6O6S/c21-13-6-7-22-18-15(13)23-11-26(18)19-17(28)16(27)14(32-19)8-24-33(29,30)25-20(9-31-10-20)12-4-2-1-3-5-12/h1-7,11,14,16-17,19,24-25,27-28H,8-10H2,(H2,21,22)/t14-,16-,17-,19-/m1/s1. The van der Waals surface area contributed by atoms with Gasteiger partial charge >= 0.3 is 0 Å². The summed E-state index contributed by atoms with van der Waals surface area (Å²) in [6.07, 6.45) is -1.79. The lowest BCUT2D eigenvalue weighted by atomic mass is 9.89. The van der Waals surface area contributed by atoms with Crippen molar-refractivity contribution < 1.29 is 28.1 Å². The van der Waals surface area contributed by atoms with Crippen molar-refractivity contribution in [1.82, 2.24) is 24.0 Å². The molecule has 4 heterocycles. The molecule has 13 heteroatoms. The van der Waals surface area contributed by atoms with Gasteiger partial charge in [0, 0.05) is 12.7 Å². The molecule has 0 radical (unpaired) electrons. The van der Waals surface area contributed by atoms with Crippen LogP contribution in [0.3, 0.4) is 0 Å². The van der Waals surface area contributed by atoms with Crippen molar-refractivity contribution in [3.05, 3.63) is 54.5 Å². The van der Waals surface area contributed by atoms with Crippen LogP contribution in [-0.4, -0.2) is 71.2 Å². The van der Waals surface area contributed by atoms with Crippen LogP contribution in [0, 0.1) is 0 Å². The maximum atomic E-state index is 12.8. The third kappa shape index (κ3) is 3.97. The molecule has 5 rings (SSSR count). The van der Waals surface area contributed by atoms with Crippen molar-refractivity contribution in [3.63, 3.8) is 0 Å². The van der Waals surface area contributed by atoms with Crippen LogP contribution in [0.25, 0.3) is 11.2 Å². The Labute approximate surface area is 189 Å². The third-order valence-electron chi connectivity index (χ3n) is 5.93. The van der Waals surface area contributed by atoms with Gasteiger partial charge in [-0.2, -0.15) is 17.9 Å². The Bertz CT molecular complexity index is 1250. The largest absolute Gasteiger partial charge is 0.397 e. The Hall–Kier alpha value is -2.65. The molecular weight excluding hydrogens is 452 g/mol. The van der Waals surface area contributed by atoms with Crippen molar-refractivity contribution in [1.29, 1.82) is 0 Å². The van der Waals surface area contributed by atoms with Gasteiger partial charge in [0.1, 0.15) is 29.4 Å². The summed E-state index contributed by atoms with van der Waals surface area (Å²) < 4.78 is 43.1. The molecule has 3 aromatic rings. The lowest BCUT2D eigenvalue weighted by molar-refractivity contribution is -0.0667. The maximum absolute atomic E-state index is 12.8. The van der Waals surface area contributed by atoms with Gasteiger partial charge in [0.2, 0.25) is 0 Å². The molecule has 2 fully saturated rings. The summed E-state index contributed by atoms with van der Waals surface area (Å²) in [5.74, 6) is 0. The molecule has 176 valence electrons. The molecule has 0 saturated carbocycles. The van der Waals surface area contributed by atoms with Gasteiger partial charge in [0.15, 0.2) is 11.9 Å². The molecular formula is C20H24N6O6S. The van der Waals surface area contributed by atoms with Gasteiger partial charge < -0.3 is 25.4 Å². The second kappa shape index (κ2) is 8.29. The van der Waals surface area contributed by atoms with Crippen LogP contribution in [0.1, 0.15) is 11.8 Å². The molecule has 0 aliphatic carbocycles. The van der Waals surface area contributed by atoms with Crippen molar-refractivity contribution in [3.8, 4) is 0 Å². The molecule has 2 aliphatic heterocycles. The molecule has 0 unspecified atom stereocenters. The van der Waals surface area contributed by atoms with E-state index in [-0.39, 0.29) is 19.8 Å². The quantitative estimate of drug-likeness (QED) is 0.286. The molecule has 33 heavy (non-hydrogen) atoms. The number of pyridine rings is 1. The number of hydrogen-bond donors (Lipinski definition) is 5. The van der Waals surface area contributed by atoms with E-state index in [1.54, 1.807) is 6.07 Å². The first-order valence-electron chi connectivity index (χ1n) is 10.3. The summed E-state index contributed by atoms with van der Waals surface area (Å²) in [6, 6.07) is 10.7. The fourth-order valence-corrected chi connectivity index (χ4v) is 5.31. The molecule has 2 saturated heterocycles. The van der Waals surface area contributed by atoms with E-state index in [9.17, 15) is 18.6 Å². The highest BCUT2D eigenvalue weighted by Crippen LogP contribution is 2.33. The molecule has 6 N–H and O–H groups in total. The number of aliphatic hydroxyl groups excluding tert-OH is 2. The molecule has 2 aliphatic rings. The topological polar surface area (TPSA) is 174 Å². The van der Waals surface area contributed by atoms with Crippen LogP contribution < -0.4 is 15.2 Å². The fourth-order valence-electron chi connectivity index (χ4n) is 4.10. The van der Waals surface area contributed by atoms with E-state index in [0.717, 1.165) is 5.56 Å². The Morgan fingerprint density at radius 3 is 2.61 bits per heavy atom. The first-order valence-corrected chi connectivity index (χ1v) is 11.8. The first kappa shape index (κ1) is 22.2. The average Bonchev–Trinajstić information content (AvgIpc) is 3.32. The normalized spacial score (nSPS) is 27.0. The molecule has 0 spiro atoms. The van der Waals surface area contributed by atoms with Crippen LogP contribution in [0.4, 0.5) is 5.69 Å². The predicted octanol–water partition coefficient (Wildman–Crippen LogP) is -1.02. The molecule has 0 bridgehead atoms. The Kier molecular flexibility index (Phi) is 5.56. The summed E-state index contributed by atoms with van der Waals surface area (Å²) in [5.41, 5.74) is 7.04. The average molecular weight is 477 g/mol. The summed E-state index contributed by atoms with van der Waals surface area (Å²) in [6.45, 7) is 0.133. The monoisotopic (exact) mass is 476 g/mol. The smallest absolute Gasteiger partial charge is 0.277 e. The zero-order valence-electron chi connectivity index (χ0n) is 17.4. The van der Waals surface area contributed by atoms with Gasteiger partial charge in [-0.25, -0.2) is 9.97 Å². The maximum Gasteiger partial charge on any atom is 0.277 e. The number of nitrogens with zero attached hydrogens (tertiary/aromatic N) is 3. The predicted molar refractivity (Wildman–Crippen MR) is 117 cm³/mol. The lowest BCUT2D eigenvalue weighted by Crippen LogP contribution is -2.61. The second-order valence-corrected chi connectivity index (χ2v) is 9.67. The highest BCUT2D eigenvalue weighted by atomic mass is 32.2. The summed E-state index contributed by atoms with van der Waals surface area (Å²) in [5, 5.41) is 21.0. The number of aliphatic hydroxyl groups is 2. The molecule has 2 aromatic heterocycles. The zero-order chi connectivity index (χ0) is 23.2. The number of fused-ring (bicyclic) bond motifs is 1. The van der Waals surface area contributed by atoms with Crippen LogP contribution in [-0.2, 0) is 25.2 Å². The minimum Gasteiger partial charge on any atom is -0.397 e. The number of imidazole rings is 1. The van der Waals surface area contributed by atoms with E-state index < -0.39 is 40.3 Å². The van der Waals surface area contributed by atoms with E-state index in [0.29, 0.717) is 16.9 Å². The van der Waals surface area contributed by atoms with E-state index in [4.69, 9.17) is 15.2 Å². The van der Waals surface area contributed by atoms with Gasteiger partial charge in [-0.15, -0.1) is 0 Å². The Morgan fingerprint density at radius 2 is 1.91 bits per heavy atom. The second-order valence-electron chi connectivity index (χ2n) is 8.17. The highest BCUT2D eigenvalue weighted by Gasteiger charge is 2.46. The lowest BCUT2D eigenvalue weighted by Gasteiger charge is -2.42. The van der Waals surface area contributed by atoms with Gasteiger partial charge in [0.05, 0.1) is 25.2 Å². The Morgan fingerprint density at radius 1 is 1.15 bits per heavy atom. The number of anilines is 1. The van der Waals surface area contributed by atoms with Gasteiger partial charge in [-0.05, 0) is 11.6 Å². The zero-order valence-corrected chi connectivity index (χ0v) is 18.2. The van der Waals surface area contributed by atoms with Gasteiger partial charge in [-0.3, -0.25) is 4.57 Å². The summed E-state index contributed by atoms with van der Waals surface area (Å²) in [7, 11) is -3.99. The van der Waals surface area contributed by atoms with Gasteiger partial charge in [-0.1, -0.05) is 30.3 Å². The number of nitrogens with one attached hydrogen (secondary N) is 2. The number of hydrogen-bond acceptors (Lipinski definition) is 9. The number of rotatable bonds is 7. The number of ether oxygens (including phenoxy) is 2. The minimum atomic E-state index is -3.99. The van der Waals surface area contributed by atoms with E-state index in [2.05, 4.69) is 19.4 Å². The number of benzene rings is 1. The van der Waals surface area contributed by atoms with Crippen molar-refractivity contribution in [2.24, 2.45) is 0 Å². The number of nitrogens with two attached hydrogens (primary N) is 1. The summed E-state index contributed by atoms with van der Waals surface area (Å²) >= 11 is 0. The molecule has 0 amide bonds. The van der Waals surface area contributed by atoms with Crippen LogP contribution in [0.2, 0.25) is 0 Å². The highest BCUT2D eigenvalue weighted by molar-refractivity contribution is 7.87. The third-order valence-corrected chi connectivity index (χ3v) is 7.14. The molecule has 12 nitrogen and oxygen atoms in total. The fraction of sp³-hybridized carbons (Fsp3) is 0.400. The summed E-state index contributed by atoms with van der Waals surface area (Å²) in [4.78, 5) is 8.40. The molecule has 1 aromatic carbocycles. The van der Waals surface area contributed by atoms with E-state index >= 15 is 0 Å². The molecule has 4 atom stereocenters. The van der Waals surface area contributed by atoms with E-state index in [1.807, 2.05) is 30.3 Å². The number of aromatic nitrogens is 3. The van der Waals surface area contributed by atoms with Gasteiger partial charge in [0.25, 0.3) is 10.2 Å². The first-order chi connectivity index (χ1) is 15.8. The van der Waals surface area contributed by atoms with Crippen LogP contribution >= 0.6 is 0 Å².